The van der Waals surface area contributed by atoms with E-state index in [0.29, 0.717) is 31.2 Å². The van der Waals surface area contributed by atoms with E-state index < -0.39 is 35.4 Å². The van der Waals surface area contributed by atoms with Crippen molar-refractivity contribution in [2.24, 2.45) is 5.73 Å². The van der Waals surface area contributed by atoms with Crippen LogP contribution in [0.25, 0.3) is 0 Å². The quantitative estimate of drug-likeness (QED) is 0.388. The van der Waals surface area contributed by atoms with Gasteiger partial charge in [-0.3, -0.25) is 9.59 Å². The van der Waals surface area contributed by atoms with Crippen LogP contribution in [-0.4, -0.2) is 41.3 Å². The van der Waals surface area contributed by atoms with E-state index >= 15 is 0 Å². The van der Waals surface area contributed by atoms with E-state index in [-0.39, 0.29) is 31.6 Å². The van der Waals surface area contributed by atoms with Crippen molar-refractivity contribution in [2.75, 3.05) is 6.61 Å². The maximum atomic E-state index is 14.9. The van der Waals surface area contributed by atoms with Gasteiger partial charge in [0, 0.05) is 12.8 Å². The van der Waals surface area contributed by atoms with Gasteiger partial charge in [0.25, 0.3) is 0 Å². The maximum absolute atomic E-state index is 14.9. The highest BCUT2D eigenvalue weighted by Crippen LogP contribution is 2.25. The molecule has 8 nitrogen and oxygen atoms in total. The molecule has 1 aromatic carbocycles. The summed E-state index contributed by atoms with van der Waals surface area (Å²) in [4.78, 5) is 33.8. The van der Waals surface area contributed by atoms with Gasteiger partial charge in [-0.2, -0.15) is 0 Å². The zero-order chi connectivity index (χ0) is 24.3. The van der Waals surface area contributed by atoms with E-state index in [0.717, 1.165) is 5.56 Å². The monoisotopic (exact) mass is 454 g/mol. The number of nitrogens with one attached hydrogen (secondary N) is 1. The minimum atomic E-state index is -0.840. The first-order valence-electron chi connectivity index (χ1n) is 10.8. The molecule has 2 amide bonds. The van der Waals surface area contributed by atoms with Crippen molar-refractivity contribution < 1.29 is 33.4 Å². The molecule has 4 N–H and O–H groups in total. The Bertz CT molecular complexity index is 791. The summed E-state index contributed by atoms with van der Waals surface area (Å²) in [6.45, 7) is 6.95. The number of nitrogens with two attached hydrogens (primary N) is 1. The molecule has 0 radical (unpaired) electrons. The second kappa shape index (κ2) is 12.9. The number of unbranched alkanes of at least 4 members (excludes halogenated alkanes) is 2. The molecule has 0 saturated heterocycles. The Morgan fingerprint density at radius 2 is 1.84 bits per heavy atom. The Hall–Kier alpha value is -2.84. The molecule has 0 saturated carbocycles. The molecule has 0 bridgehead atoms. The van der Waals surface area contributed by atoms with E-state index in [9.17, 15) is 18.8 Å². The molecular formula is C23H35FN2O6. The standard InChI is InChI=1S/C23H35FN2O6/c1-15-12-16(8-6-5-7-9-20(28)29)21(24)18(13-15)31-14-17(10-11-19(25)27)26-22(30)32-23(2,3)4/h12-13,17H,5-11,14H2,1-4H3,(H2,25,27)(H,26,30)(H,28,29). The van der Waals surface area contributed by atoms with Gasteiger partial charge in [0.05, 0.1) is 6.04 Å². The summed E-state index contributed by atoms with van der Waals surface area (Å²) in [6, 6.07) is 2.71. The Labute approximate surface area is 188 Å². The van der Waals surface area contributed by atoms with Gasteiger partial charge in [0.1, 0.15) is 12.2 Å². The number of amides is 2. The van der Waals surface area contributed by atoms with Crippen LogP contribution in [0.4, 0.5) is 9.18 Å². The number of carbonyl (C=O) groups is 3. The number of hydrogen-bond donors (Lipinski definition) is 3. The van der Waals surface area contributed by atoms with Crippen molar-refractivity contribution in [3.05, 3.63) is 29.1 Å². The van der Waals surface area contributed by atoms with Crippen molar-refractivity contribution in [3.63, 3.8) is 0 Å². The van der Waals surface area contributed by atoms with E-state index in [1.807, 2.05) is 6.92 Å². The molecule has 1 rings (SSSR count). The smallest absolute Gasteiger partial charge is 0.407 e. The molecule has 1 aromatic rings. The molecule has 180 valence electrons. The molecule has 32 heavy (non-hydrogen) atoms. The minimum absolute atomic E-state index is 0.0295. The summed E-state index contributed by atoms with van der Waals surface area (Å²) in [6.07, 6.45) is 2.04. The highest BCUT2D eigenvalue weighted by atomic mass is 19.1. The largest absolute Gasteiger partial charge is 0.488 e. The first-order chi connectivity index (χ1) is 14.9. The van der Waals surface area contributed by atoms with Crippen LogP contribution in [-0.2, 0) is 20.7 Å². The first kappa shape index (κ1) is 27.2. The summed E-state index contributed by atoms with van der Waals surface area (Å²) in [5, 5.41) is 11.3. The van der Waals surface area contributed by atoms with Gasteiger partial charge in [0.15, 0.2) is 11.6 Å². The number of carboxylic acids is 1. The third kappa shape index (κ3) is 11.5. The molecule has 0 aliphatic rings. The van der Waals surface area contributed by atoms with Crippen LogP contribution in [0.3, 0.4) is 0 Å². The number of alkyl carbamates (subject to hydrolysis) is 1. The van der Waals surface area contributed by atoms with Crippen LogP contribution in [0.2, 0.25) is 0 Å². The normalized spacial score (nSPS) is 12.2. The molecule has 0 fully saturated rings. The van der Waals surface area contributed by atoms with Crippen LogP contribution in [0, 0.1) is 12.7 Å². The molecule has 0 aliphatic carbocycles. The lowest BCUT2D eigenvalue weighted by Gasteiger charge is -2.24. The van der Waals surface area contributed by atoms with Gasteiger partial charge in [-0.25, -0.2) is 9.18 Å². The third-order valence-corrected chi connectivity index (χ3v) is 4.50. The fourth-order valence-corrected chi connectivity index (χ4v) is 3.04. The molecule has 1 atom stereocenters. The fraction of sp³-hybridized carbons (Fsp3) is 0.609. The van der Waals surface area contributed by atoms with Crippen molar-refractivity contribution in [2.45, 2.75) is 84.3 Å². The number of rotatable bonds is 13. The predicted octanol–water partition coefficient (Wildman–Crippen LogP) is 3.86. The molecule has 0 heterocycles. The van der Waals surface area contributed by atoms with Crippen molar-refractivity contribution in [1.29, 1.82) is 0 Å². The second-order valence-electron chi connectivity index (χ2n) is 8.85. The van der Waals surface area contributed by atoms with Crippen LogP contribution >= 0.6 is 0 Å². The number of ether oxygens (including phenoxy) is 2. The Kier molecular flexibility index (Phi) is 10.9. The lowest BCUT2D eigenvalue weighted by Crippen LogP contribution is -2.42. The molecular weight excluding hydrogens is 419 g/mol. The number of halogens is 1. The van der Waals surface area contributed by atoms with E-state index in [4.69, 9.17) is 20.3 Å². The Morgan fingerprint density at radius 1 is 1.16 bits per heavy atom. The van der Waals surface area contributed by atoms with Crippen molar-refractivity contribution >= 4 is 18.0 Å². The van der Waals surface area contributed by atoms with Gasteiger partial charge < -0.3 is 25.6 Å². The summed E-state index contributed by atoms with van der Waals surface area (Å²) >= 11 is 0. The second-order valence-corrected chi connectivity index (χ2v) is 8.85. The topological polar surface area (TPSA) is 128 Å². The number of hydrogen-bond acceptors (Lipinski definition) is 5. The summed E-state index contributed by atoms with van der Waals surface area (Å²) in [5.74, 6) is -1.79. The van der Waals surface area contributed by atoms with Gasteiger partial charge in [-0.15, -0.1) is 0 Å². The van der Waals surface area contributed by atoms with Gasteiger partial charge >= 0.3 is 12.1 Å². The number of aryl methyl sites for hydroxylation is 2. The fourth-order valence-electron chi connectivity index (χ4n) is 3.04. The summed E-state index contributed by atoms with van der Waals surface area (Å²) < 4.78 is 25.8. The Morgan fingerprint density at radius 3 is 2.44 bits per heavy atom. The summed E-state index contributed by atoms with van der Waals surface area (Å²) in [5.41, 5.74) is 5.82. The van der Waals surface area contributed by atoms with Crippen LogP contribution in [0.15, 0.2) is 12.1 Å². The molecule has 9 heteroatoms. The maximum Gasteiger partial charge on any atom is 0.407 e. The first-order valence-corrected chi connectivity index (χ1v) is 10.8. The number of carbonyl (C=O) groups excluding carboxylic acids is 2. The Balaban J connectivity index is 2.78. The number of aliphatic carboxylic acids is 1. The number of benzene rings is 1. The average Bonchev–Trinajstić information content (AvgIpc) is 2.64. The van der Waals surface area contributed by atoms with Gasteiger partial charge in [-0.1, -0.05) is 12.5 Å². The van der Waals surface area contributed by atoms with Crippen molar-refractivity contribution in [1.82, 2.24) is 5.32 Å². The minimum Gasteiger partial charge on any atom is -0.488 e. The van der Waals surface area contributed by atoms with Gasteiger partial charge in [0.2, 0.25) is 5.91 Å². The number of primary amides is 1. The predicted molar refractivity (Wildman–Crippen MR) is 118 cm³/mol. The molecule has 0 aliphatic heterocycles. The SMILES string of the molecule is Cc1cc(CCCCCC(=O)O)c(F)c(OCC(CCC(N)=O)NC(=O)OC(C)(C)C)c1. The highest BCUT2D eigenvalue weighted by molar-refractivity contribution is 5.74. The summed E-state index contributed by atoms with van der Waals surface area (Å²) in [7, 11) is 0. The van der Waals surface area contributed by atoms with Crippen LogP contribution < -0.4 is 15.8 Å². The molecule has 0 aromatic heterocycles. The third-order valence-electron chi connectivity index (χ3n) is 4.50. The van der Waals surface area contributed by atoms with E-state index in [1.54, 1.807) is 32.9 Å². The molecule has 0 spiro atoms. The van der Waals surface area contributed by atoms with E-state index in [2.05, 4.69) is 5.32 Å². The lowest BCUT2D eigenvalue weighted by atomic mass is 10.0. The highest BCUT2D eigenvalue weighted by Gasteiger charge is 2.21. The van der Waals surface area contributed by atoms with Crippen molar-refractivity contribution in [3.8, 4) is 5.75 Å². The zero-order valence-corrected chi connectivity index (χ0v) is 19.3. The number of carboxylic acid groups (broad SMARTS) is 1. The zero-order valence-electron chi connectivity index (χ0n) is 19.3. The van der Waals surface area contributed by atoms with Gasteiger partial charge in [-0.05, 0) is 70.6 Å². The average molecular weight is 455 g/mol. The van der Waals surface area contributed by atoms with E-state index in [1.165, 1.54) is 0 Å². The molecule has 1 unspecified atom stereocenters. The lowest BCUT2D eigenvalue weighted by molar-refractivity contribution is -0.137. The van der Waals surface area contributed by atoms with Crippen LogP contribution in [0.5, 0.6) is 5.75 Å². The van der Waals surface area contributed by atoms with Crippen LogP contribution in [0.1, 0.15) is 70.4 Å².